The molecule has 0 aliphatic heterocycles. The van der Waals surface area contributed by atoms with Crippen LogP contribution in [-0.4, -0.2) is 6.03 Å². The van der Waals surface area contributed by atoms with E-state index in [-0.39, 0.29) is 10.4 Å². The van der Waals surface area contributed by atoms with E-state index >= 15 is 0 Å². The summed E-state index contributed by atoms with van der Waals surface area (Å²) in [5, 5.41) is 1.63. The minimum absolute atomic E-state index is 0.0261. The van der Waals surface area contributed by atoms with E-state index in [1.807, 2.05) is 0 Å². The number of carbonyl (C=O) groups is 1. The first-order valence-corrected chi connectivity index (χ1v) is 5.79. The van der Waals surface area contributed by atoms with Crippen LogP contribution < -0.4 is 10.0 Å². The smallest absolute Gasteiger partial charge is 0.307 e. The summed E-state index contributed by atoms with van der Waals surface area (Å²) in [5.41, 5.74) is -0.0261. The Morgan fingerprint density at radius 2 is 1.50 bits per heavy atom. The predicted molar refractivity (Wildman–Crippen MR) is 51.7 cm³/mol. The maximum absolute atomic E-state index is 11.8. The molecule has 1 aromatic carbocycles. The van der Waals surface area contributed by atoms with Gasteiger partial charge in [-0.15, -0.1) is 0 Å². The van der Waals surface area contributed by atoms with Crippen molar-refractivity contribution < 1.29 is 24.2 Å². The van der Waals surface area contributed by atoms with Crippen molar-refractivity contribution in [1.29, 1.82) is 0 Å². The van der Waals surface area contributed by atoms with Gasteiger partial charge in [-0.05, 0) is 12.1 Å². The Morgan fingerprint density at radius 1 is 1.00 bits per heavy atom. The molecule has 0 saturated carbocycles. The Kier molecular flexibility index (Phi) is 2.35. The molecule has 0 fully saturated rings. The highest BCUT2D eigenvalue weighted by Crippen LogP contribution is 2.94. The van der Waals surface area contributed by atoms with E-state index < -0.39 is 16.4 Å². The van der Waals surface area contributed by atoms with E-state index in [4.69, 9.17) is 0 Å². The van der Waals surface area contributed by atoms with Gasteiger partial charge < -0.3 is 5.32 Å². The van der Waals surface area contributed by atoms with Crippen molar-refractivity contribution in [3.8, 4) is 0 Å². The van der Waals surface area contributed by atoms with Gasteiger partial charge in [0.05, 0.1) is 0 Å². The van der Waals surface area contributed by atoms with Gasteiger partial charge in [0.25, 0.3) is 0 Å². The SMILES string of the molecule is O=C(Nc1ccccc1)NS(F)(F)(F)(F)F. The van der Waals surface area contributed by atoms with Crippen LogP contribution in [0, 0.1) is 0 Å². The summed E-state index contributed by atoms with van der Waals surface area (Å²) in [5.74, 6) is 0. The number of carbonyl (C=O) groups excluding carboxylic acids is 1. The number of rotatable bonds is 2. The van der Waals surface area contributed by atoms with E-state index in [0.717, 1.165) is 0 Å². The molecule has 0 saturated heterocycles. The number of benzene rings is 1. The number of amides is 2. The van der Waals surface area contributed by atoms with Gasteiger partial charge in [0.15, 0.2) is 0 Å². The Hall–Kier alpha value is -1.51. The van der Waals surface area contributed by atoms with E-state index in [0.29, 0.717) is 0 Å². The molecule has 0 aromatic heterocycles. The van der Waals surface area contributed by atoms with Crippen LogP contribution in [-0.2, 0) is 0 Å². The Bertz CT molecular complexity index is 403. The van der Waals surface area contributed by atoms with Gasteiger partial charge in [-0.3, -0.25) is 0 Å². The second-order valence-corrected chi connectivity index (χ2v) is 5.03. The highest BCUT2D eigenvalue weighted by molar-refractivity contribution is 8.44. The minimum atomic E-state index is -9.93. The molecular weight excluding hydrogens is 255 g/mol. The molecule has 16 heavy (non-hydrogen) atoms. The van der Waals surface area contributed by atoms with Crippen LogP contribution in [0.15, 0.2) is 30.3 Å². The third kappa shape index (κ3) is 5.39. The molecule has 3 nitrogen and oxygen atoms in total. The molecule has 2 amide bonds. The summed E-state index contributed by atoms with van der Waals surface area (Å²) < 4.78 is 58.7. The second-order valence-electron chi connectivity index (χ2n) is 2.89. The van der Waals surface area contributed by atoms with Gasteiger partial charge >= 0.3 is 16.4 Å². The summed E-state index contributed by atoms with van der Waals surface area (Å²) in [6.45, 7) is 0. The molecule has 0 aliphatic carbocycles. The average molecular weight is 262 g/mol. The zero-order valence-corrected chi connectivity index (χ0v) is 8.41. The highest BCUT2D eigenvalue weighted by Gasteiger charge is 2.65. The van der Waals surface area contributed by atoms with Gasteiger partial charge in [0.1, 0.15) is 0 Å². The fourth-order valence-corrected chi connectivity index (χ4v) is 1.25. The molecule has 0 spiro atoms. The largest absolute Gasteiger partial charge is 0.365 e. The Balaban J connectivity index is 2.71. The van der Waals surface area contributed by atoms with Gasteiger partial charge in [-0.1, -0.05) is 37.6 Å². The summed E-state index contributed by atoms with van der Waals surface area (Å²) >= 11 is 0. The zero-order valence-electron chi connectivity index (χ0n) is 7.59. The second kappa shape index (κ2) is 3.00. The van der Waals surface area contributed by atoms with Crippen molar-refractivity contribution in [3.05, 3.63) is 30.3 Å². The van der Waals surface area contributed by atoms with Crippen LogP contribution in [0.1, 0.15) is 0 Å². The maximum Gasteiger partial charge on any atom is 0.365 e. The molecule has 1 rings (SSSR count). The molecule has 0 aliphatic rings. The maximum atomic E-state index is 11.8. The predicted octanol–water partition coefficient (Wildman–Crippen LogP) is 4.02. The molecule has 0 unspecified atom stereocenters. The first kappa shape index (κ1) is 12.6. The first-order valence-electron chi connectivity index (χ1n) is 3.84. The Labute approximate surface area is 87.5 Å². The number of halogens is 5. The monoisotopic (exact) mass is 262 g/mol. The van der Waals surface area contributed by atoms with E-state index in [1.165, 1.54) is 24.3 Å². The summed E-state index contributed by atoms with van der Waals surface area (Å²) in [4.78, 5) is 10.6. The fourth-order valence-electron chi connectivity index (χ4n) is 0.853. The molecule has 0 radical (unpaired) electrons. The molecule has 2 N–H and O–H groups in total. The third-order valence-electron chi connectivity index (χ3n) is 1.32. The van der Waals surface area contributed by atoms with E-state index in [2.05, 4.69) is 0 Å². The fraction of sp³-hybridized carbons (Fsp3) is 0. The minimum Gasteiger partial charge on any atom is -0.307 e. The molecule has 0 bridgehead atoms. The third-order valence-corrected chi connectivity index (χ3v) is 1.89. The van der Waals surface area contributed by atoms with Gasteiger partial charge in [0.2, 0.25) is 0 Å². The van der Waals surface area contributed by atoms with Crippen LogP contribution in [0.5, 0.6) is 0 Å². The number of hydrogen-bond acceptors (Lipinski definition) is 1. The van der Waals surface area contributed by atoms with Crippen LogP contribution in [0.2, 0.25) is 0 Å². The quantitative estimate of drug-likeness (QED) is 0.776. The normalized spacial score (nSPS) is 15.8. The molecule has 1 aromatic rings. The lowest BCUT2D eigenvalue weighted by Crippen LogP contribution is -2.36. The summed E-state index contributed by atoms with van der Waals surface area (Å²) in [7, 11) is -9.93. The van der Waals surface area contributed by atoms with E-state index in [9.17, 15) is 24.2 Å². The van der Waals surface area contributed by atoms with Crippen LogP contribution in [0.3, 0.4) is 0 Å². The van der Waals surface area contributed by atoms with Crippen molar-refractivity contribution >= 4 is 22.1 Å². The number of anilines is 1. The lowest BCUT2D eigenvalue weighted by Gasteiger charge is -2.39. The van der Waals surface area contributed by atoms with Crippen LogP contribution in [0.25, 0.3) is 0 Å². The topological polar surface area (TPSA) is 41.1 Å². The van der Waals surface area contributed by atoms with Crippen molar-refractivity contribution in [1.82, 2.24) is 4.72 Å². The van der Waals surface area contributed by atoms with Gasteiger partial charge in [-0.2, -0.15) is 0 Å². The molecule has 0 atom stereocenters. The molecule has 0 heterocycles. The lowest BCUT2D eigenvalue weighted by atomic mass is 10.3. The number of para-hydroxylation sites is 1. The van der Waals surface area contributed by atoms with Crippen molar-refractivity contribution in [2.24, 2.45) is 0 Å². The number of urea groups is 1. The van der Waals surface area contributed by atoms with Gasteiger partial charge in [-0.25, -0.2) is 9.52 Å². The summed E-state index contributed by atoms with van der Waals surface area (Å²) in [6, 6.07) is 4.89. The Morgan fingerprint density at radius 3 is 1.94 bits per heavy atom. The van der Waals surface area contributed by atoms with Crippen LogP contribution >= 0.6 is 10.4 Å². The number of hydrogen-bond donors (Lipinski definition) is 2. The van der Waals surface area contributed by atoms with Crippen molar-refractivity contribution in [2.75, 3.05) is 5.32 Å². The first-order chi connectivity index (χ1) is 6.95. The van der Waals surface area contributed by atoms with Crippen LogP contribution in [0.4, 0.5) is 29.9 Å². The number of nitrogens with one attached hydrogen (secondary N) is 2. The molecule has 9 heteroatoms. The highest BCUT2D eigenvalue weighted by atomic mass is 32.5. The zero-order chi connectivity index (χ0) is 12.5. The van der Waals surface area contributed by atoms with Gasteiger partial charge in [0, 0.05) is 5.69 Å². The van der Waals surface area contributed by atoms with Crippen molar-refractivity contribution in [2.45, 2.75) is 0 Å². The lowest BCUT2D eigenvalue weighted by molar-refractivity contribution is 0.250. The summed E-state index contributed by atoms with van der Waals surface area (Å²) in [6.07, 6.45) is 0. The average Bonchev–Trinajstić information content (AvgIpc) is 1.98. The molecule has 92 valence electrons. The molecular formula is C7H7F5N2OS. The standard InChI is InChI=1S/C7H7F5N2OS/c8-16(9,10,11,12)14-7(15)13-6-4-2-1-3-5-6/h1-5H,(H2,13,14,15). The van der Waals surface area contributed by atoms with Crippen molar-refractivity contribution in [3.63, 3.8) is 0 Å². The van der Waals surface area contributed by atoms with E-state index in [1.54, 1.807) is 11.4 Å².